The number of nitrogens with zero attached hydrogens (tertiary/aromatic N) is 8. The smallest absolute Gasteiger partial charge is 0.194 e. The number of hydrogen-bond donors (Lipinski definition) is 6. The van der Waals surface area contributed by atoms with E-state index in [0.29, 0.717) is 23.4 Å². The van der Waals surface area contributed by atoms with Gasteiger partial charge in [0.15, 0.2) is 17.5 Å². The number of hydrogen-bond acceptors (Lipinski definition) is 15. The zero-order valence-corrected chi connectivity index (χ0v) is 24.2. The van der Waals surface area contributed by atoms with Crippen LogP contribution < -0.4 is 0 Å². The molecule has 2 fully saturated rings. The first-order valence-corrected chi connectivity index (χ1v) is 14.7. The normalized spacial score (nSPS) is 31.7. The molecule has 20 heteroatoms. The van der Waals surface area contributed by atoms with Crippen LogP contribution in [0, 0.1) is 17.5 Å². The van der Waals surface area contributed by atoms with E-state index < -0.39 is 90.2 Å². The second-order valence-corrected chi connectivity index (χ2v) is 11.8. The first kappa shape index (κ1) is 32.3. The summed E-state index contributed by atoms with van der Waals surface area (Å²) in [5.74, 6) is -4.59. The molecule has 5 unspecified atom stereocenters. The maximum absolute atomic E-state index is 13.8. The van der Waals surface area contributed by atoms with Gasteiger partial charge in [0.25, 0.3) is 0 Å². The monoisotopic (exact) mass is 668 g/mol. The van der Waals surface area contributed by atoms with Crippen molar-refractivity contribution in [2.45, 2.75) is 59.6 Å². The molecule has 2 aliphatic heterocycles. The number of benzene rings is 1. The van der Waals surface area contributed by atoms with Gasteiger partial charge in [-0.3, -0.25) is 0 Å². The minimum atomic E-state index is -1.67. The van der Waals surface area contributed by atoms with E-state index in [1.54, 1.807) is 0 Å². The fraction of sp³-hybridized carbons (Fsp3) is 0.462. The van der Waals surface area contributed by atoms with Crippen molar-refractivity contribution in [2.24, 2.45) is 0 Å². The predicted octanol–water partition coefficient (Wildman–Crippen LogP) is -1.20. The topological polar surface area (TPSA) is 227 Å². The van der Waals surface area contributed by atoms with Crippen LogP contribution in [0.25, 0.3) is 22.5 Å². The van der Waals surface area contributed by atoms with Crippen LogP contribution >= 0.6 is 11.8 Å². The van der Waals surface area contributed by atoms with E-state index in [0.717, 1.165) is 22.6 Å². The van der Waals surface area contributed by atoms with Gasteiger partial charge < -0.3 is 40.1 Å². The lowest BCUT2D eigenvalue weighted by atomic mass is 9.97. The van der Waals surface area contributed by atoms with Crippen LogP contribution in [0.5, 0.6) is 0 Å². The van der Waals surface area contributed by atoms with Gasteiger partial charge in [0.2, 0.25) is 0 Å². The fourth-order valence-electron chi connectivity index (χ4n) is 5.36. The van der Waals surface area contributed by atoms with Gasteiger partial charge in [0, 0.05) is 23.5 Å². The van der Waals surface area contributed by atoms with Crippen molar-refractivity contribution < 1.29 is 53.3 Å². The van der Waals surface area contributed by atoms with Crippen molar-refractivity contribution in [1.29, 1.82) is 0 Å². The maximum atomic E-state index is 13.8. The molecule has 5 heterocycles. The first-order valence-electron chi connectivity index (χ1n) is 13.8. The van der Waals surface area contributed by atoms with E-state index in [-0.39, 0.29) is 11.3 Å². The first-order chi connectivity index (χ1) is 22.1. The third-order valence-electron chi connectivity index (χ3n) is 7.73. The number of ether oxygens (including phenoxy) is 2. The highest BCUT2D eigenvalue weighted by molar-refractivity contribution is 8.00. The number of halogens is 3. The Bertz CT molecular complexity index is 1630. The van der Waals surface area contributed by atoms with Crippen LogP contribution in [-0.2, 0) is 9.47 Å². The molecule has 1 aromatic carbocycles. The largest absolute Gasteiger partial charge is 0.394 e. The van der Waals surface area contributed by atoms with Crippen molar-refractivity contribution in [2.75, 3.05) is 13.2 Å². The Labute approximate surface area is 261 Å². The van der Waals surface area contributed by atoms with Gasteiger partial charge in [-0.25, -0.2) is 32.5 Å². The van der Waals surface area contributed by atoms with Gasteiger partial charge in [0.05, 0.1) is 25.6 Å². The molecule has 6 N–H and O–H groups in total. The summed E-state index contributed by atoms with van der Waals surface area (Å²) in [6.07, 6.45) is -1.77. The van der Waals surface area contributed by atoms with Crippen molar-refractivity contribution in [3.05, 3.63) is 60.7 Å². The molecule has 3 aromatic heterocycles. The molecule has 2 saturated heterocycles. The van der Waals surface area contributed by atoms with E-state index in [9.17, 15) is 43.8 Å². The van der Waals surface area contributed by atoms with Crippen LogP contribution in [0.3, 0.4) is 0 Å². The van der Waals surface area contributed by atoms with Crippen LogP contribution in [0.15, 0.2) is 43.2 Å². The second kappa shape index (κ2) is 13.3. The Morgan fingerprint density at radius 3 is 1.61 bits per heavy atom. The molecule has 0 spiro atoms. The van der Waals surface area contributed by atoms with Crippen molar-refractivity contribution >= 4 is 11.8 Å². The van der Waals surface area contributed by atoms with E-state index in [1.165, 1.54) is 29.6 Å². The highest BCUT2D eigenvalue weighted by atomic mass is 32.2. The average molecular weight is 669 g/mol. The molecule has 0 amide bonds. The number of thioether (sulfide) groups is 1. The third kappa shape index (κ3) is 5.98. The minimum Gasteiger partial charge on any atom is -0.394 e. The van der Waals surface area contributed by atoms with E-state index in [2.05, 4.69) is 30.6 Å². The Kier molecular flexibility index (Phi) is 9.32. The summed E-state index contributed by atoms with van der Waals surface area (Å²) < 4.78 is 54.8. The highest BCUT2D eigenvalue weighted by Crippen LogP contribution is 2.42. The summed E-state index contributed by atoms with van der Waals surface area (Å²) in [6.45, 7) is -1.37. The van der Waals surface area contributed by atoms with Crippen LogP contribution in [0.2, 0.25) is 0 Å². The quantitative estimate of drug-likeness (QED) is 0.121. The second-order valence-electron chi connectivity index (χ2n) is 10.6. The Morgan fingerprint density at radius 2 is 1.15 bits per heavy atom. The summed E-state index contributed by atoms with van der Waals surface area (Å²) >= 11 is 0.736. The number of aliphatic hydroxyl groups is 6. The number of rotatable bonds is 8. The molecule has 2 aliphatic rings. The molecule has 46 heavy (non-hydrogen) atoms. The highest BCUT2D eigenvalue weighted by Gasteiger charge is 2.51. The number of aliphatic hydroxyl groups excluding tert-OH is 6. The van der Waals surface area contributed by atoms with E-state index in [4.69, 9.17) is 9.47 Å². The fourth-order valence-corrected chi connectivity index (χ4v) is 6.68. The summed E-state index contributed by atoms with van der Waals surface area (Å²) in [6, 6.07) is -1.13. The van der Waals surface area contributed by atoms with E-state index >= 15 is 0 Å². The summed E-state index contributed by atoms with van der Waals surface area (Å²) in [5, 5.41) is 80.3. The molecule has 0 aliphatic carbocycles. The van der Waals surface area contributed by atoms with Crippen molar-refractivity contribution in [3.63, 3.8) is 0 Å². The SMILES string of the molecule is OCC1O[C@@H](SC2O[C@H](CO)C(O)C(n3cc(-c4cncnc4)nn3)[C@H]2O)C(O)[C@@H](n2cc(-c3cc(F)c(F)c(F)c3)nn2)[C@H]1O. The molecular weight excluding hydrogens is 641 g/mol. The van der Waals surface area contributed by atoms with Crippen LogP contribution in [0.4, 0.5) is 13.2 Å². The Hall–Kier alpha value is -3.60. The lowest BCUT2D eigenvalue weighted by molar-refractivity contribution is -0.189. The summed E-state index contributed by atoms with van der Waals surface area (Å²) in [4.78, 5) is 7.85. The molecule has 246 valence electrons. The molecule has 4 aromatic rings. The Balaban J connectivity index is 1.25. The summed E-state index contributed by atoms with van der Waals surface area (Å²) in [5.41, 5.74) is -2.03. The molecule has 0 radical (unpaired) electrons. The van der Waals surface area contributed by atoms with Gasteiger partial charge in [-0.2, -0.15) is 0 Å². The van der Waals surface area contributed by atoms with Crippen LogP contribution in [-0.4, -0.2) is 131 Å². The standard InChI is InChI=1S/C26H27F3N8O8S/c27-12-1-10(2-13(28)18(12)29)14-5-36(34-32-14)19-21(40)16(7-38)44-25(23(19)42)46-26-24(43)20(22(41)17(8-39)45-26)37-6-15(33-35-37)11-3-30-9-31-4-11/h1-6,9,16-17,19-26,38-43H,7-8H2/t16?,17-,19+,20?,21+,22?,23?,24-,25+,26?/m1/s1. The van der Waals surface area contributed by atoms with Gasteiger partial charge in [0.1, 0.15) is 77.3 Å². The molecule has 0 bridgehead atoms. The predicted molar refractivity (Wildman–Crippen MR) is 148 cm³/mol. The zero-order chi connectivity index (χ0) is 32.7. The van der Waals surface area contributed by atoms with Gasteiger partial charge >= 0.3 is 0 Å². The third-order valence-corrected chi connectivity index (χ3v) is 9.05. The lowest BCUT2D eigenvalue weighted by Gasteiger charge is -2.46. The minimum absolute atomic E-state index is 0.114. The molecule has 6 rings (SSSR count). The van der Waals surface area contributed by atoms with Gasteiger partial charge in [-0.1, -0.05) is 22.2 Å². The molecule has 10 atom stereocenters. The summed E-state index contributed by atoms with van der Waals surface area (Å²) in [7, 11) is 0. The average Bonchev–Trinajstić information content (AvgIpc) is 3.74. The van der Waals surface area contributed by atoms with E-state index in [1.807, 2.05) is 0 Å². The van der Waals surface area contributed by atoms with Gasteiger partial charge in [-0.15, -0.1) is 10.2 Å². The molecule has 0 saturated carbocycles. The van der Waals surface area contributed by atoms with Gasteiger partial charge in [-0.05, 0) is 12.1 Å². The maximum Gasteiger partial charge on any atom is 0.194 e. The zero-order valence-electron chi connectivity index (χ0n) is 23.3. The Morgan fingerprint density at radius 1 is 0.696 bits per heavy atom. The number of aromatic nitrogens is 8. The van der Waals surface area contributed by atoms with Crippen molar-refractivity contribution in [1.82, 2.24) is 40.0 Å². The molecular formula is C26H27F3N8O8S. The van der Waals surface area contributed by atoms with Crippen molar-refractivity contribution in [3.8, 4) is 22.5 Å². The molecule has 16 nitrogen and oxygen atoms in total. The lowest BCUT2D eigenvalue weighted by Crippen LogP contribution is -2.58. The van der Waals surface area contributed by atoms with Crippen LogP contribution in [0.1, 0.15) is 12.1 Å².